The maximum Gasteiger partial charge on any atom is 0.236 e. The van der Waals surface area contributed by atoms with Gasteiger partial charge in [0.15, 0.2) is 0 Å². The van der Waals surface area contributed by atoms with Gasteiger partial charge in [0.1, 0.15) is 0 Å². The van der Waals surface area contributed by atoms with Crippen LogP contribution >= 0.6 is 0 Å². The number of nitrogens with two attached hydrogens (primary N) is 1. The first-order chi connectivity index (χ1) is 6.72. The summed E-state index contributed by atoms with van der Waals surface area (Å²) in [5, 5.41) is 8.73. The Morgan fingerprint density at radius 2 is 1.86 bits per heavy atom. The number of likely N-dealkylation sites (N-methyl/N-ethyl adjacent to an activating group) is 1. The summed E-state index contributed by atoms with van der Waals surface area (Å²) in [5.74, 6) is -0.0589. The predicted octanol–water partition coefficient (Wildman–Crippen LogP) is -1.35. The van der Waals surface area contributed by atoms with Crippen LogP contribution in [0, 0.1) is 0 Å². The van der Waals surface area contributed by atoms with E-state index in [0.29, 0.717) is 6.54 Å². The number of carbonyl (C=O) groups excluding carboxylic acids is 1. The fraction of sp³-hybridized carbons (Fsp3) is 0.889. The SMILES string of the molecule is CNCCC[C@H](N)C(=O)NCCNC. The van der Waals surface area contributed by atoms with Crippen LogP contribution in [0.25, 0.3) is 0 Å². The van der Waals surface area contributed by atoms with Crippen LogP contribution < -0.4 is 21.7 Å². The van der Waals surface area contributed by atoms with Crippen molar-refractivity contribution in [3.63, 3.8) is 0 Å². The van der Waals surface area contributed by atoms with E-state index in [1.807, 2.05) is 14.1 Å². The molecule has 0 unspecified atom stereocenters. The molecule has 0 aliphatic heterocycles. The fourth-order valence-electron chi connectivity index (χ4n) is 1.07. The number of carbonyl (C=O) groups is 1. The van der Waals surface area contributed by atoms with Crippen LogP contribution in [0.1, 0.15) is 12.8 Å². The molecule has 14 heavy (non-hydrogen) atoms. The number of hydrogen-bond acceptors (Lipinski definition) is 4. The Balaban J connectivity index is 3.44. The normalized spacial score (nSPS) is 12.5. The smallest absolute Gasteiger partial charge is 0.236 e. The summed E-state index contributed by atoms with van der Waals surface area (Å²) in [7, 11) is 3.73. The molecule has 0 aliphatic carbocycles. The molecule has 5 nitrogen and oxygen atoms in total. The molecule has 0 rings (SSSR count). The predicted molar refractivity (Wildman–Crippen MR) is 58.1 cm³/mol. The van der Waals surface area contributed by atoms with E-state index in [0.717, 1.165) is 25.9 Å². The number of nitrogens with one attached hydrogen (secondary N) is 3. The second-order valence-electron chi connectivity index (χ2n) is 3.25. The molecule has 0 saturated carbocycles. The summed E-state index contributed by atoms with van der Waals surface area (Å²) < 4.78 is 0. The third-order valence-corrected chi connectivity index (χ3v) is 1.95. The second kappa shape index (κ2) is 8.93. The molecule has 0 heterocycles. The van der Waals surface area contributed by atoms with Gasteiger partial charge in [0.05, 0.1) is 6.04 Å². The van der Waals surface area contributed by atoms with Gasteiger partial charge in [-0.3, -0.25) is 4.79 Å². The molecule has 0 aromatic heterocycles. The van der Waals surface area contributed by atoms with Crippen LogP contribution in [0.15, 0.2) is 0 Å². The van der Waals surface area contributed by atoms with Crippen molar-refractivity contribution in [2.45, 2.75) is 18.9 Å². The Labute approximate surface area is 85.8 Å². The number of hydrogen-bond donors (Lipinski definition) is 4. The van der Waals surface area contributed by atoms with Crippen molar-refractivity contribution in [3.8, 4) is 0 Å². The van der Waals surface area contributed by atoms with Gasteiger partial charge in [-0.15, -0.1) is 0 Å². The van der Waals surface area contributed by atoms with E-state index in [2.05, 4.69) is 16.0 Å². The number of amides is 1. The molecule has 0 bridgehead atoms. The maximum absolute atomic E-state index is 11.3. The lowest BCUT2D eigenvalue weighted by Gasteiger charge is -2.11. The third kappa shape index (κ3) is 6.82. The lowest BCUT2D eigenvalue weighted by atomic mass is 10.1. The van der Waals surface area contributed by atoms with E-state index < -0.39 is 0 Å². The molecule has 0 aromatic carbocycles. The Morgan fingerprint density at radius 1 is 1.21 bits per heavy atom. The standard InChI is InChI=1S/C9H22N4O/c1-11-5-3-4-8(10)9(14)13-7-6-12-2/h8,11-12H,3-7,10H2,1-2H3,(H,13,14)/t8-/m0/s1. The topological polar surface area (TPSA) is 79.2 Å². The highest BCUT2D eigenvalue weighted by Gasteiger charge is 2.11. The highest BCUT2D eigenvalue weighted by Crippen LogP contribution is 1.92. The van der Waals surface area contributed by atoms with E-state index in [9.17, 15) is 4.79 Å². The average Bonchev–Trinajstić information content (AvgIpc) is 2.18. The molecule has 5 N–H and O–H groups in total. The van der Waals surface area contributed by atoms with Crippen LogP contribution in [-0.2, 0) is 4.79 Å². The third-order valence-electron chi connectivity index (χ3n) is 1.95. The lowest BCUT2D eigenvalue weighted by molar-refractivity contribution is -0.122. The summed E-state index contributed by atoms with van der Waals surface area (Å²) in [5.41, 5.74) is 5.68. The van der Waals surface area contributed by atoms with E-state index in [1.165, 1.54) is 0 Å². The summed E-state index contributed by atoms with van der Waals surface area (Å²) >= 11 is 0. The first-order valence-electron chi connectivity index (χ1n) is 5.05. The highest BCUT2D eigenvalue weighted by molar-refractivity contribution is 5.81. The quantitative estimate of drug-likeness (QED) is 0.367. The fourth-order valence-corrected chi connectivity index (χ4v) is 1.07. The van der Waals surface area contributed by atoms with Gasteiger partial charge in [-0.25, -0.2) is 0 Å². The molecule has 0 radical (unpaired) electrons. The zero-order valence-electron chi connectivity index (χ0n) is 9.10. The van der Waals surface area contributed by atoms with Gasteiger partial charge in [0.25, 0.3) is 0 Å². The molecule has 0 aromatic rings. The summed E-state index contributed by atoms with van der Waals surface area (Å²) in [6.45, 7) is 2.31. The van der Waals surface area contributed by atoms with Gasteiger partial charge >= 0.3 is 0 Å². The first-order valence-corrected chi connectivity index (χ1v) is 5.05. The van der Waals surface area contributed by atoms with Crippen molar-refractivity contribution in [2.75, 3.05) is 33.7 Å². The van der Waals surface area contributed by atoms with Crippen molar-refractivity contribution >= 4 is 5.91 Å². The summed E-state index contributed by atoms with van der Waals surface area (Å²) in [6.07, 6.45) is 1.66. The average molecular weight is 202 g/mol. The zero-order chi connectivity index (χ0) is 10.8. The molecule has 84 valence electrons. The molecule has 5 heteroatoms. The van der Waals surface area contributed by atoms with Crippen LogP contribution in [-0.4, -0.2) is 45.7 Å². The van der Waals surface area contributed by atoms with Gasteiger partial charge in [-0.05, 0) is 33.5 Å². The van der Waals surface area contributed by atoms with Crippen LogP contribution in [0.4, 0.5) is 0 Å². The molecular formula is C9H22N4O. The van der Waals surface area contributed by atoms with Crippen molar-refractivity contribution in [1.82, 2.24) is 16.0 Å². The summed E-state index contributed by atoms with van der Waals surface area (Å²) in [4.78, 5) is 11.3. The highest BCUT2D eigenvalue weighted by atomic mass is 16.2. The summed E-state index contributed by atoms with van der Waals surface area (Å²) in [6, 6.07) is -0.375. The second-order valence-corrected chi connectivity index (χ2v) is 3.25. The number of rotatable bonds is 8. The Bertz CT molecular complexity index is 152. The van der Waals surface area contributed by atoms with Gasteiger partial charge in [-0.2, -0.15) is 0 Å². The van der Waals surface area contributed by atoms with Crippen LogP contribution in [0.2, 0.25) is 0 Å². The molecular weight excluding hydrogens is 180 g/mol. The Morgan fingerprint density at radius 3 is 2.43 bits per heavy atom. The lowest BCUT2D eigenvalue weighted by Crippen LogP contribution is -2.42. The van der Waals surface area contributed by atoms with E-state index in [4.69, 9.17) is 5.73 Å². The van der Waals surface area contributed by atoms with Crippen molar-refractivity contribution < 1.29 is 4.79 Å². The minimum absolute atomic E-state index is 0.0589. The molecule has 1 atom stereocenters. The molecule has 0 saturated heterocycles. The monoisotopic (exact) mass is 202 g/mol. The zero-order valence-corrected chi connectivity index (χ0v) is 9.10. The van der Waals surface area contributed by atoms with Gasteiger partial charge in [0.2, 0.25) is 5.91 Å². The van der Waals surface area contributed by atoms with Crippen molar-refractivity contribution in [1.29, 1.82) is 0 Å². The van der Waals surface area contributed by atoms with Crippen LogP contribution in [0.5, 0.6) is 0 Å². The molecule has 1 amide bonds. The molecule has 0 aliphatic rings. The Kier molecular flexibility index (Phi) is 8.51. The van der Waals surface area contributed by atoms with Gasteiger partial charge in [0, 0.05) is 13.1 Å². The molecule has 0 fully saturated rings. The van der Waals surface area contributed by atoms with Crippen LogP contribution in [0.3, 0.4) is 0 Å². The minimum atomic E-state index is -0.375. The largest absolute Gasteiger partial charge is 0.353 e. The maximum atomic E-state index is 11.3. The van der Waals surface area contributed by atoms with Crippen molar-refractivity contribution in [2.24, 2.45) is 5.73 Å². The van der Waals surface area contributed by atoms with Crippen molar-refractivity contribution in [3.05, 3.63) is 0 Å². The molecule has 0 spiro atoms. The van der Waals surface area contributed by atoms with Gasteiger partial charge in [-0.1, -0.05) is 0 Å². The van der Waals surface area contributed by atoms with E-state index in [1.54, 1.807) is 0 Å². The minimum Gasteiger partial charge on any atom is -0.353 e. The first kappa shape index (κ1) is 13.4. The van der Waals surface area contributed by atoms with Gasteiger partial charge < -0.3 is 21.7 Å². The Hall–Kier alpha value is -0.650. The van der Waals surface area contributed by atoms with E-state index in [-0.39, 0.29) is 11.9 Å². The van der Waals surface area contributed by atoms with E-state index >= 15 is 0 Å².